The van der Waals surface area contributed by atoms with E-state index in [0.29, 0.717) is 12.8 Å². The van der Waals surface area contributed by atoms with Crippen molar-refractivity contribution < 1.29 is 4.92 Å². The van der Waals surface area contributed by atoms with Crippen LogP contribution in [0.4, 0.5) is 0 Å². The molecule has 2 heterocycles. The van der Waals surface area contributed by atoms with Crippen LogP contribution < -0.4 is 5.73 Å². The van der Waals surface area contributed by atoms with Crippen LogP contribution in [0.15, 0.2) is 59.5 Å². The maximum Gasteiger partial charge on any atom is 0.269 e. The van der Waals surface area contributed by atoms with Crippen molar-refractivity contribution in [3.05, 3.63) is 74.6 Å². The first kappa shape index (κ1) is 17.3. The van der Waals surface area contributed by atoms with Gasteiger partial charge in [0.05, 0.1) is 21.5 Å². The Labute approximate surface area is 142 Å². The average Bonchev–Trinajstić information content (AvgIpc) is 3.20. The summed E-state index contributed by atoms with van der Waals surface area (Å²) in [7, 11) is 0. The van der Waals surface area contributed by atoms with Crippen molar-refractivity contribution in [3.63, 3.8) is 0 Å². The Morgan fingerprint density at radius 3 is 3.00 bits per heavy atom. The number of rotatable bonds is 8. The lowest BCUT2D eigenvalue weighted by atomic mass is 10.1. The fraction of sp³-hybridized carbons (Fsp3) is 0.188. The number of allylic oxidation sites excluding steroid dienone is 4. The van der Waals surface area contributed by atoms with Crippen molar-refractivity contribution in [2.75, 3.05) is 0 Å². The van der Waals surface area contributed by atoms with Crippen molar-refractivity contribution in [2.24, 2.45) is 5.73 Å². The Hall–Kier alpha value is -2.09. The minimum absolute atomic E-state index is 0.0165. The molecule has 1 unspecified atom stereocenters. The number of nitrogens with two attached hydrogens (primary N) is 1. The largest absolute Gasteiger partial charge is 0.322 e. The Balaban J connectivity index is 1.90. The van der Waals surface area contributed by atoms with Gasteiger partial charge in [0, 0.05) is 17.5 Å². The molecule has 0 spiro atoms. The van der Waals surface area contributed by atoms with Crippen LogP contribution in [0.3, 0.4) is 0 Å². The summed E-state index contributed by atoms with van der Waals surface area (Å²) in [5.41, 5.74) is 7.12. The molecule has 0 aliphatic carbocycles. The Morgan fingerprint density at radius 1 is 1.52 bits per heavy atom. The highest BCUT2D eigenvalue weighted by Crippen LogP contribution is 2.29. The van der Waals surface area contributed by atoms with Gasteiger partial charge in [-0.2, -0.15) is 0 Å². The summed E-state index contributed by atoms with van der Waals surface area (Å²) in [5.74, 6) is 0. The molecular weight excluding hydrogens is 330 g/mol. The van der Waals surface area contributed by atoms with E-state index in [1.54, 1.807) is 28.7 Å². The molecule has 0 aliphatic heterocycles. The van der Waals surface area contributed by atoms with E-state index in [4.69, 9.17) is 5.73 Å². The smallest absolute Gasteiger partial charge is 0.269 e. The third-order valence-corrected chi connectivity index (χ3v) is 4.91. The van der Waals surface area contributed by atoms with Gasteiger partial charge >= 0.3 is 0 Å². The highest BCUT2D eigenvalue weighted by atomic mass is 32.1. The van der Waals surface area contributed by atoms with E-state index in [9.17, 15) is 10.1 Å². The molecule has 0 saturated heterocycles. The molecule has 0 aromatic carbocycles. The van der Waals surface area contributed by atoms with Gasteiger partial charge in [-0.15, -0.1) is 22.7 Å². The number of aromatic nitrogens is 1. The van der Waals surface area contributed by atoms with E-state index in [0.717, 1.165) is 15.6 Å². The Morgan fingerprint density at radius 2 is 2.35 bits per heavy atom. The number of nitrogens with zero attached hydrogens (tertiary/aromatic N) is 2. The van der Waals surface area contributed by atoms with Gasteiger partial charge in [0.25, 0.3) is 5.70 Å². The lowest BCUT2D eigenvalue weighted by molar-refractivity contribution is -0.419. The molecule has 2 N–H and O–H groups in total. The summed E-state index contributed by atoms with van der Waals surface area (Å²) in [6.45, 7) is 3.46. The second-order valence-electron chi connectivity index (χ2n) is 4.72. The third kappa shape index (κ3) is 4.95. The van der Waals surface area contributed by atoms with Crippen LogP contribution in [-0.2, 0) is 0 Å². The quantitative estimate of drug-likeness (QED) is 0.431. The minimum Gasteiger partial charge on any atom is -0.322 e. The minimum atomic E-state index is -0.438. The molecule has 23 heavy (non-hydrogen) atoms. The number of thiazole rings is 1. The van der Waals surface area contributed by atoms with Gasteiger partial charge in [0.1, 0.15) is 5.01 Å². The first-order chi connectivity index (χ1) is 11.1. The van der Waals surface area contributed by atoms with Crippen LogP contribution in [0.2, 0.25) is 0 Å². The molecule has 120 valence electrons. The monoisotopic (exact) mass is 347 g/mol. The number of thiophene rings is 1. The summed E-state index contributed by atoms with van der Waals surface area (Å²) in [6.07, 6.45) is 7.34. The van der Waals surface area contributed by atoms with Gasteiger partial charge in [-0.3, -0.25) is 10.1 Å². The molecule has 1 atom stereocenters. The number of nitro groups is 1. The lowest BCUT2D eigenvalue weighted by Crippen LogP contribution is -2.09. The fourth-order valence-corrected chi connectivity index (χ4v) is 3.51. The molecule has 0 bridgehead atoms. The summed E-state index contributed by atoms with van der Waals surface area (Å²) < 4.78 is 0. The van der Waals surface area contributed by atoms with Crippen LogP contribution in [0.5, 0.6) is 0 Å². The fourth-order valence-electron chi connectivity index (χ4n) is 1.90. The summed E-state index contributed by atoms with van der Waals surface area (Å²) in [5, 5.41) is 15.7. The molecule has 0 saturated carbocycles. The molecule has 0 radical (unpaired) electrons. The highest BCUT2D eigenvalue weighted by molar-refractivity contribution is 7.14. The van der Waals surface area contributed by atoms with Crippen LogP contribution >= 0.6 is 22.7 Å². The van der Waals surface area contributed by atoms with E-state index in [1.165, 1.54) is 18.2 Å². The van der Waals surface area contributed by atoms with Crippen molar-refractivity contribution in [2.45, 2.75) is 18.9 Å². The van der Waals surface area contributed by atoms with Crippen LogP contribution in [-0.4, -0.2) is 9.91 Å². The van der Waals surface area contributed by atoms with E-state index < -0.39 is 4.92 Å². The van der Waals surface area contributed by atoms with Gasteiger partial charge in [-0.05, 0) is 24.3 Å². The first-order valence-corrected chi connectivity index (χ1v) is 8.76. The molecule has 2 rings (SSSR count). The maximum absolute atomic E-state index is 10.8. The molecule has 2 aromatic rings. The zero-order chi connectivity index (χ0) is 16.7. The van der Waals surface area contributed by atoms with Crippen LogP contribution in [0.1, 0.15) is 23.9 Å². The van der Waals surface area contributed by atoms with E-state index >= 15 is 0 Å². The zero-order valence-corrected chi connectivity index (χ0v) is 14.1. The van der Waals surface area contributed by atoms with Gasteiger partial charge in [0.2, 0.25) is 0 Å². The molecule has 0 fully saturated rings. The second kappa shape index (κ2) is 8.52. The SMILES string of the molecule is C=C/C=C(\C=C/CCC(N)c1nc(-c2cccs2)cs1)[N+](=O)[O-]. The predicted octanol–water partition coefficient (Wildman–Crippen LogP) is 4.55. The van der Waals surface area contributed by atoms with Crippen LogP contribution in [0.25, 0.3) is 10.6 Å². The molecule has 2 aromatic heterocycles. The molecular formula is C16H17N3O2S2. The summed E-state index contributed by atoms with van der Waals surface area (Å²) >= 11 is 3.19. The van der Waals surface area contributed by atoms with Crippen molar-refractivity contribution in [1.82, 2.24) is 4.98 Å². The Bertz CT molecular complexity index is 718. The molecule has 5 nitrogen and oxygen atoms in total. The molecule has 7 heteroatoms. The van der Waals surface area contributed by atoms with E-state index in [2.05, 4.69) is 11.6 Å². The second-order valence-corrected chi connectivity index (χ2v) is 6.56. The lowest BCUT2D eigenvalue weighted by Gasteiger charge is -2.05. The van der Waals surface area contributed by atoms with Crippen molar-refractivity contribution in [3.8, 4) is 10.6 Å². The number of hydrogen-bond donors (Lipinski definition) is 1. The third-order valence-electron chi connectivity index (χ3n) is 3.05. The van der Waals surface area contributed by atoms with Crippen molar-refractivity contribution >= 4 is 22.7 Å². The predicted molar refractivity (Wildman–Crippen MR) is 96.0 cm³/mol. The first-order valence-electron chi connectivity index (χ1n) is 7.00. The highest BCUT2D eigenvalue weighted by Gasteiger charge is 2.12. The zero-order valence-electron chi connectivity index (χ0n) is 12.4. The molecule has 0 amide bonds. The molecule has 0 aliphatic rings. The standard InChI is InChI=1S/C16H17N3O2S2/c1-2-6-12(19(20)21)7-3-4-8-13(17)16-18-14(11-23-16)15-9-5-10-22-15/h2-3,5-7,9-11,13H,1,4,8,17H2/b7-3-,12-6+. The number of hydrogen-bond acceptors (Lipinski definition) is 6. The topological polar surface area (TPSA) is 82.0 Å². The van der Waals surface area contributed by atoms with Crippen molar-refractivity contribution in [1.29, 1.82) is 0 Å². The van der Waals surface area contributed by atoms with E-state index in [1.807, 2.05) is 22.9 Å². The summed E-state index contributed by atoms with van der Waals surface area (Å²) in [6, 6.07) is 3.86. The normalized spacial score (nSPS) is 13.3. The Kier molecular flexibility index (Phi) is 6.40. The van der Waals surface area contributed by atoms with Gasteiger partial charge in [-0.25, -0.2) is 4.98 Å². The van der Waals surface area contributed by atoms with Gasteiger partial charge in [0.15, 0.2) is 0 Å². The van der Waals surface area contributed by atoms with Gasteiger partial charge in [-0.1, -0.05) is 24.8 Å². The van der Waals surface area contributed by atoms with Gasteiger partial charge < -0.3 is 5.73 Å². The summed E-state index contributed by atoms with van der Waals surface area (Å²) in [4.78, 5) is 16.0. The maximum atomic E-state index is 10.8. The average molecular weight is 347 g/mol. The van der Waals surface area contributed by atoms with E-state index in [-0.39, 0.29) is 11.7 Å². The van der Waals surface area contributed by atoms with Crippen LogP contribution in [0, 0.1) is 10.1 Å².